The molecule has 1 heterocycles. The van der Waals surface area contributed by atoms with Gasteiger partial charge < -0.3 is 9.26 Å². The van der Waals surface area contributed by atoms with E-state index >= 15 is 0 Å². The lowest BCUT2D eigenvalue weighted by Crippen LogP contribution is -2.01. The van der Waals surface area contributed by atoms with Crippen molar-refractivity contribution in [1.82, 2.24) is 5.16 Å². The first-order valence-corrected chi connectivity index (χ1v) is 5.31. The van der Waals surface area contributed by atoms with E-state index in [0.717, 1.165) is 5.56 Å². The largest absolute Gasteiger partial charge is 0.485 e. The van der Waals surface area contributed by atoms with Crippen molar-refractivity contribution in [2.75, 3.05) is 0 Å². The molecule has 0 aliphatic heterocycles. The maximum absolute atomic E-state index is 11.4. The predicted octanol–water partition coefficient (Wildman–Crippen LogP) is 2.76. The van der Waals surface area contributed by atoms with Gasteiger partial charge in [-0.1, -0.05) is 11.2 Å². The second-order valence-corrected chi connectivity index (χ2v) is 3.82. The van der Waals surface area contributed by atoms with Gasteiger partial charge in [-0.3, -0.25) is 4.79 Å². The van der Waals surface area contributed by atoms with Crippen molar-refractivity contribution in [2.45, 2.75) is 20.5 Å². The quantitative estimate of drug-likeness (QED) is 0.759. The Morgan fingerprint density at radius 2 is 2.24 bits per heavy atom. The van der Waals surface area contributed by atoms with Crippen LogP contribution in [-0.2, 0) is 6.61 Å². The lowest BCUT2D eigenvalue weighted by atomic mass is 10.1. The number of Topliss-reactive ketones (excluding diaryl/α,β-unsaturated/α-hetero) is 1. The maximum Gasteiger partial charge on any atom is 0.174 e. The van der Waals surface area contributed by atoms with Crippen LogP contribution in [0.25, 0.3) is 0 Å². The first kappa shape index (κ1) is 11.4. The first-order chi connectivity index (χ1) is 8.16. The van der Waals surface area contributed by atoms with E-state index in [4.69, 9.17) is 9.26 Å². The van der Waals surface area contributed by atoms with Crippen molar-refractivity contribution in [3.63, 3.8) is 0 Å². The topological polar surface area (TPSA) is 52.3 Å². The van der Waals surface area contributed by atoms with Crippen LogP contribution >= 0.6 is 0 Å². The molecule has 0 atom stereocenters. The summed E-state index contributed by atoms with van der Waals surface area (Å²) in [7, 11) is 0. The first-order valence-electron chi connectivity index (χ1n) is 5.31. The van der Waals surface area contributed by atoms with Crippen LogP contribution in [0.5, 0.6) is 5.75 Å². The number of hydrogen-bond donors (Lipinski definition) is 0. The molecule has 0 bridgehead atoms. The van der Waals surface area contributed by atoms with Gasteiger partial charge in [0.1, 0.15) is 12.4 Å². The van der Waals surface area contributed by atoms with Crippen LogP contribution in [0.1, 0.15) is 28.6 Å². The van der Waals surface area contributed by atoms with Crippen LogP contribution in [0.4, 0.5) is 0 Å². The summed E-state index contributed by atoms with van der Waals surface area (Å²) in [5.74, 6) is 1.19. The van der Waals surface area contributed by atoms with Gasteiger partial charge in [-0.05, 0) is 31.5 Å². The normalized spacial score (nSPS) is 10.2. The summed E-state index contributed by atoms with van der Waals surface area (Å²) in [6.07, 6.45) is 1.56. The molecular weight excluding hydrogens is 218 g/mol. The molecule has 0 saturated heterocycles. The van der Waals surface area contributed by atoms with Crippen LogP contribution in [0, 0.1) is 6.92 Å². The van der Waals surface area contributed by atoms with Gasteiger partial charge in [0.25, 0.3) is 0 Å². The molecule has 0 spiro atoms. The minimum absolute atomic E-state index is 0.0161. The Morgan fingerprint density at radius 3 is 2.88 bits per heavy atom. The van der Waals surface area contributed by atoms with Crippen LogP contribution < -0.4 is 4.74 Å². The fraction of sp³-hybridized carbons (Fsp3) is 0.231. The zero-order valence-corrected chi connectivity index (χ0v) is 9.77. The summed E-state index contributed by atoms with van der Waals surface area (Å²) < 4.78 is 10.5. The number of nitrogens with zero attached hydrogens (tertiary/aromatic N) is 1. The lowest BCUT2D eigenvalue weighted by Gasteiger charge is -2.09. The summed E-state index contributed by atoms with van der Waals surface area (Å²) in [5.41, 5.74) is 1.62. The Hall–Kier alpha value is -2.10. The third-order valence-corrected chi connectivity index (χ3v) is 2.38. The molecule has 0 aliphatic rings. The molecule has 0 unspecified atom stereocenters. The van der Waals surface area contributed by atoms with Crippen molar-refractivity contribution in [1.29, 1.82) is 0 Å². The highest BCUT2D eigenvalue weighted by Gasteiger charge is 2.09. The predicted molar refractivity (Wildman–Crippen MR) is 62.0 cm³/mol. The summed E-state index contributed by atoms with van der Waals surface area (Å²) >= 11 is 0. The lowest BCUT2D eigenvalue weighted by molar-refractivity contribution is 0.101. The number of ketones is 1. The number of carbonyl (C=O) groups is 1. The molecule has 17 heavy (non-hydrogen) atoms. The molecule has 0 radical (unpaired) electrons. The van der Waals surface area contributed by atoms with Gasteiger partial charge >= 0.3 is 0 Å². The van der Waals surface area contributed by atoms with Gasteiger partial charge in [0, 0.05) is 6.07 Å². The number of hydrogen-bond acceptors (Lipinski definition) is 4. The Kier molecular flexibility index (Phi) is 3.23. The highest BCUT2D eigenvalue weighted by Crippen LogP contribution is 2.21. The minimum atomic E-state index is -0.0161. The van der Waals surface area contributed by atoms with Gasteiger partial charge in [0.05, 0.1) is 11.8 Å². The zero-order valence-electron chi connectivity index (χ0n) is 9.77. The summed E-state index contributed by atoms with van der Waals surface area (Å²) in [6.45, 7) is 3.74. The Balaban J connectivity index is 2.19. The number of rotatable bonds is 4. The number of ether oxygens (including phenoxy) is 1. The number of carbonyl (C=O) groups excluding carboxylic acids is 1. The Bertz CT molecular complexity index is 517. The minimum Gasteiger partial charge on any atom is -0.485 e. The average molecular weight is 231 g/mol. The molecule has 0 aliphatic carbocycles. The molecule has 2 aromatic rings. The van der Waals surface area contributed by atoms with Crippen molar-refractivity contribution in [2.24, 2.45) is 0 Å². The highest BCUT2D eigenvalue weighted by atomic mass is 16.5. The molecule has 0 fully saturated rings. The van der Waals surface area contributed by atoms with E-state index in [9.17, 15) is 4.79 Å². The number of benzene rings is 1. The van der Waals surface area contributed by atoms with Gasteiger partial charge in [0.2, 0.25) is 0 Å². The van der Waals surface area contributed by atoms with E-state index in [1.807, 2.05) is 19.1 Å². The smallest absolute Gasteiger partial charge is 0.174 e. The monoisotopic (exact) mass is 231 g/mol. The summed E-state index contributed by atoms with van der Waals surface area (Å²) in [5, 5.41) is 3.59. The van der Waals surface area contributed by atoms with Crippen molar-refractivity contribution in [3.05, 3.63) is 47.3 Å². The third-order valence-electron chi connectivity index (χ3n) is 2.38. The van der Waals surface area contributed by atoms with Crippen molar-refractivity contribution < 1.29 is 14.1 Å². The molecule has 0 saturated carbocycles. The van der Waals surface area contributed by atoms with E-state index in [-0.39, 0.29) is 12.4 Å². The summed E-state index contributed by atoms with van der Waals surface area (Å²) in [6, 6.07) is 7.22. The number of aryl methyl sites for hydroxylation is 1. The van der Waals surface area contributed by atoms with Crippen LogP contribution in [0.2, 0.25) is 0 Å². The second-order valence-electron chi connectivity index (χ2n) is 3.82. The molecule has 88 valence electrons. The molecule has 4 heteroatoms. The van der Waals surface area contributed by atoms with E-state index in [2.05, 4.69) is 5.16 Å². The SMILES string of the molecule is CC(=O)c1ccc(C)cc1OCc1ccno1. The van der Waals surface area contributed by atoms with Crippen molar-refractivity contribution in [3.8, 4) is 5.75 Å². The molecule has 4 nitrogen and oxygen atoms in total. The second kappa shape index (κ2) is 4.82. The third kappa shape index (κ3) is 2.72. The molecule has 0 N–H and O–H groups in total. The standard InChI is InChI=1S/C13H13NO3/c1-9-3-4-12(10(2)15)13(7-9)16-8-11-5-6-14-17-11/h3-7H,8H2,1-2H3. The Labute approximate surface area is 99.2 Å². The van der Waals surface area contributed by atoms with Gasteiger partial charge in [-0.25, -0.2) is 0 Å². The molecule has 1 aromatic heterocycles. The van der Waals surface area contributed by atoms with Gasteiger partial charge in [-0.15, -0.1) is 0 Å². The maximum atomic E-state index is 11.4. The van der Waals surface area contributed by atoms with Gasteiger partial charge in [0.15, 0.2) is 11.5 Å². The fourth-order valence-corrected chi connectivity index (χ4v) is 1.51. The zero-order chi connectivity index (χ0) is 12.3. The van der Waals surface area contributed by atoms with Crippen LogP contribution in [0.15, 0.2) is 35.0 Å². The van der Waals surface area contributed by atoms with Crippen molar-refractivity contribution >= 4 is 5.78 Å². The molecular formula is C13H13NO3. The van der Waals surface area contributed by atoms with Gasteiger partial charge in [-0.2, -0.15) is 0 Å². The van der Waals surface area contributed by atoms with E-state index in [0.29, 0.717) is 17.1 Å². The highest BCUT2D eigenvalue weighted by molar-refractivity contribution is 5.96. The van der Waals surface area contributed by atoms with E-state index in [1.165, 1.54) is 6.92 Å². The van der Waals surface area contributed by atoms with Crippen LogP contribution in [-0.4, -0.2) is 10.9 Å². The Morgan fingerprint density at radius 1 is 1.41 bits per heavy atom. The fourth-order valence-electron chi connectivity index (χ4n) is 1.51. The average Bonchev–Trinajstić information content (AvgIpc) is 2.78. The van der Waals surface area contributed by atoms with E-state index in [1.54, 1.807) is 18.3 Å². The summed E-state index contributed by atoms with van der Waals surface area (Å²) in [4.78, 5) is 11.4. The molecule has 1 aromatic carbocycles. The van der Waals surface area contributed by atoms with Crippen LogP contribution in [0.3, 0.4) is 0 Å². The molecule has 2 rings (SSSR count). The molecule has 0 amide bonds. The van der Waals surface area contributed by atoms with E-state index < -0.39 is 0 Å². The number of aromatic nitrogens is 1.